The van der Waals surface area contributed by atoms with Gasteiger partial charge in [0.2, 0.25) is 5.91 Å². The Balaban J connectivity index is 1.76. The van der Waals surface area contributed by atoms with Gasteiger partial charge in [0, 0.05) is 23.2 Å². The van der Waals surface area contributed by atoms with Crippen molar-refractivity contribution in [1.29, 1.82) is 0 Å². The summed E-state index contributed by atoms with van der Waals surface area (Å²) in [6.45, 7) is 3.40. The highest BCUT2D eigenvalue weighted by Crippen LogP contribution is 2.23. The molecule has 0 radical (unpaired) electrons. The number of nitrogens with one attached hydrogen (secondary N) is 2. The zero-order valence-corrected chi connectivity index (χ0v) is 14.4. The molecule has 1 aromatic heterocycles. The monoisotopic (exact) mass is 351 g/mol. The summed E-state index contributed by atoms with van der Waals surface area (Å²) < 4.78 is 13.8. The summed E-state index contributed by atoms with van der Waals surface area (Å²) in [7, 11) is 0. The quantitative estimate of drug-likeness (QED) is 0.756. The highest BCUT2D eigenvalue weighted by Gasteiger charge is 2.19. The van der Waals surface area contributed by atoms with Gasteiger partial charge in [-0.2, -0.15) is 0 Å². The largest absolute Gasteiger partial charge is 0.341 e. The number of carbonyl (C=O) groups excluding carboxylic acids is 2. The van der Waals surface area contributed by atoms with Gasteiger partial charge in [0.15, 0.2) is 0 Å². The van der Waals surface area contributed by atoms with Crippen LogP contribution in [0, 0.1) is 12.7 Å². The Morgan fingerprint density at radius 2 is 1.88 bits per heavy atom. The third-order valence-corrected chi connectivity index (χ3v) is 4.07. The number of aryl methyl sites for hydroxylation is 1. The first kappa shape index (κ1) is 17.5. The first-order valence-electron chi connectivity index (χ1n) is 8.17. The molecule has 2 amide bonds. The van der Waals surface area contributed by atoms with Crippen LogP contribution in [-0.2, 0) is 4.79 Å². The lowest BCUT2D eigenvalue weighted by Gasteiger charge is -2.16. The molecule has 26 heavy (non-hydrogen) atoms. The van der Waals surface area contributed by atoms with Crippen LogP contribution in [0.3, 0.4) is 0 Å². The normalized spacial score (nSPS) is 11.8. The van der Waals surface area contributed by atoms with Crippen LogP contribution in [0.5, 0.6) is 0 Å². The molecule has 5 nitrogen and oxygen atoms in total. The third kappa shape index (κ3) is 3.69. The number of carbonyl (C=O) groups is 2. The zero-order chi connectivity index (χ0) is 18.7. The topological polar surface area (TPSA) is 71.1 Å². The molecule has 3 rings (SSSR count). The number of pyridine rings is 1. The summed E-state index contributed by atoms with van der Waals surface area (Å²) in [5.74, 6) is -1.28. The van der Waals surface area contributed by atoms with E-state index in [0.29, 0.717) is 22.2 Å². The number of hydrogen-bond donors (Lipinski definition) is 2. The van der Waals surface area contributed by atoms with E-state index in [4.69, 9.17) is 0 Å². The van der Waals surface area contributed by atoms with Gasteiger partial charge in [-0.05, 0) is 43.7 Å². The van der Waals surface area contributed by atoms with Gasteiger partial charge in [0.25, 0.3) is 5.91 Å². The van der Waals surface area contributed by atoms with Crippen molar-refractivity contribution in [2.45, 2.75) is 19.9 Å². The van der Waals surface area contributed by atoms with Gasteiger partial charge in [0.1, 0.15) is 11.9 Å². The number of rotatable bonds is 4. The van der Waals surface area contributed by atoms with Crippen LogP contribution in [0.2, 0.25) is 0 Å². The lowest BCUT2D eigenvalue weighted by Crippen LogP contribution is -2.41. The second-order valence-corrected chi connectivity index (χ2v) is 6.02. The molecular weight excluding hydrogens is 333 g/mol. The predicted molar refractivity (Wildman–Crippen MR) is 98.4 cm³/mol. The number of amides is 2. The van der Waals surface area contributed by atoms with Crippen LogP contribution < -0.4 is 10.6 Å². The van der Waals surface area contributed by atoms with Crippen LogP contribution in [-0.4, -0.2) is 22.8 Å². The van der Waals surface area contributed by atoms with Gasteiger partial charge in [-0.25, -0.2) is 4.39 Å². The molecular formula is C20H18FN3O2. The highest BCUT2D eigenvalue weighted by molar-refractivity contribution is 6.05. The number of aromatic nitrogens is 1. The average Bonchev–Trinajstić information content (AvgIpc) is 2.61. The van der Waals surface area contributed by atoms with Crippen LogP contribution in [0.25, 0.3) is 10.9 Å². The van der Waals surface area contributed by atoms with E-state index in [0.717, 1.165) is 5.56 Å². The second-order valence-electron chi connectivity index (χ2n) is 6.02. The molecule has 1 unspecified atom stereocenters. The molecule has 0 spiro atoms. The number of halogens is 1. The first-order chi connectivity index (χ1) is 12.5. The standard InChI is InChI=1S/C20H18FN3O2/c1-12-6-3-4-7-15(12)20(26)23-13(2)19(25)24-18-11-14(21)10-17-16(18)8-5-9-22-17/h3-11,13H,1-2H3,(H,23,26)(H,24,25). The number of hydrogen-bond acceptors (Lipinski definition) is 3. The SMILES string of the molecule is Cc1ccccc1C(=O)NC(C)C(=O)Nc1cc(F)cc2ncccc12. The fourth-order valence-electron chi connectivity index (χ4n) is 2.66. The molecule has 0 aliphatic heterocycles. The van der Waals surface area contributed by atoms with Gasteiger partial charge < -0.3 is 10.6 Å². The van der Waals surface area contributed by atoms with E-state index >= 15 is 0 Å². The third-order valence-electron chi connectivity index (χ3n) is 4.07. The molecule has 1 heterocycles. The fraction of sp³-hybridized carbons (Fsp3) is 0.150. The lowest BCUT2D eigenvalue weighted by atomic mass is 10.1. The van der Waals surface area contributed by atoms with Crippen LogP contribution in [0.4, 0.5) is 10.1 Å². The Kier molecular flexibility index (Phi) is 4.93. The molecule has 6 heteroatoms. The Hall–Kier alpha value is -3.28. The lowest BCUT2D eigenvalue weighted by molar-refractivity contribution is -0.117. The van der Waals surface area contributed by atoms with Crippen molar-refractivity contribution < 1.29 is 14.0 Å². The Morgan fingerprint density at radius 3 is 2.65 bits per heavy atom. The minimum absolute atomic E-state index is 0.315. The van der Waals surface area contributed by atoms with E-state index in [1.165, 1.54) is 12.1 Å². The molecule has 0 aliphatic rings. The Labute approximate surface area is 150 Å². The van der Waals surface area contributed by atoms with Gasteiger partial charge >= 0.3 is 0 Å². The Morgan fingerprint density at radius 1 is 1.12 bits per heavy atom. The van der Waals surface area contributed by atoms with Crippen LogP contribution in [0.15, 0.2) is 54.7 Å². The van der Waals surface area contributed by atoms with Crippen LogP contribution in [0.1, 0.15) is 22.8 Å². The number of anilines is 1. The summed E-state index contributed by atoms with van der Waals surface area (Å²) >= 11 is 0. The summed E-state index contributed by atoms with van der Waals surface area (Å²) in [6, 6.07) is 12.3. The van der Waals surface area contributed by atoms with Crippen molar-refractivity contribution >= 4 is 28.4 Å². The van der Waals surface area contributed by atoms with Crippen molar-refractivity contribution in [2.75, 3.05) is 5.32 Å². The molecule has 2 aromatic carbocycles. The van der Waals surface area contributed by atoms with Gasteiger partial charge in [-0.3, -0.25) is 14.6 Å². The maximum Gasteiger partial charge on any atom is 0.252 e. The molecule has 1 atom stereocenters. The van der Waals surface area contributed by atoms with Crippen LogP contribution >= 0.6 is 0 Å². The van der Waals surface area contributed by atoms with E-state index in [9.17, 15) is 14.0 Å². The van der Waals surface area contributed by atoms with Gasteiger partial charge in [0.05, 0.1) is 11.2 Å². The maximum atomic E-state index is 13.8. The minimum atomic E-state index is -0.794. The van der Waals surface area contributed by atoms with Crippen molar-refractivity contribution in [3.8, 4) is 0 Å². The Bertz CT molecular complexity index is 988. The van der Waals surface area contributed by atoms with Crippen molar-refractivity contribution in [2.24, 2.45) is 0 Å². The maximum absolute atomic E-state index is 13.8. The smallest absolute Gasteiger partial charge is 0.252 e. The van der Waals surface area contributed by atoms with Gasteiger partial charge in [-0.15, -0.1) is 0 Å². The van der Waals surface area contributed by atoms with E-state index in [1.807, 2.05) is 19.1 Å². The number of nitrogens with zero attached hydrogens (tertiary/aromatic N) is 1. The van der Waals surface area contributed by atoms with Crippen molar-refractivity contribution in [1.82, 2.24) is 10.3 Å². The van der Waals surface area contributed by atoms with E-state index in [1.54, 1.807) is 37.4 Å². The number of fused-ring (bicyclic) bond motifs is 1. The summed E-state index contributed by atoms with van der Waals surface area (Å²) in [5, 5.41) is 5.95. The highest BCUT2D eigenvalue weighted by atomic mass is 19.1. The second kappa shape index (κ2) is 7.31. The molecule has 3 aromatic rings. The predicted octanol–water partition coefficient (Wildman–Crippen LogP) is 3.44. The number of benzene rings is 2. The summed E-state index contributed by atoms with van der Waals surface area (Å²) in [4.78, 5) is 28.9. The zero-order valence-electron chi connectivity index (χ0n) is 14.4. The van der Waals surface area contributed by atoms with Crippen molar-refractivity contribution in [3.05, 3.63) is 71.7 Å². The summed E-state index contributed by atoms with van der Waals surface area (Å²) in [5.41, 5.74) is 2.09. The molecule has 2 N–H and O–H groups in total. The molecule has 0 saturated heterocycles. The molecule has 0 aliphatic carbocycles. The molecule has 0 bridgehead atoms. The fourth-order valence-corrected chi connectivity index (χ4v) is 2.66. The van der Waals surface area contributed by atoms with E-state index in [2.05, 4.69) is 15.6 Å². The first-order valence-corrected chi connectivity index (χ1v) is 8.17. The van der Waals surface area contributed by atoms with E-state index < -0.39 is 17.8 Å². The minimum Gasteiger partial charge on any atom is -0.341 e. The van der Waals surface area contributed by atoms with Crippen molar-refractivity contribution in [3.63, 3.8) is 0 Å². The van der Waals surface area contributed by atoms with E-state index in [-0.39, 0.29) is 5.91 Å². The van der Waals surface area contributed by atoms with Gasteiger partial charge in [-0.1, -0.05) is 18.2 Å². The summed E-state index contributed by atoms with van der Waals surface area (Å²) in [6.07, 6.45) is 1.55. The molecule has 0 fully saturated rings. The average molecular weight is 351 g/mol. The molecule has 0 saturated carbocycles. The molecule has 132 valence electrons.